The fourth-order valence-corrected chi connectivity index (χ4v) is 4.20. The summed E-state index contributed by atoms with van der Waals surface area (Å²) in [5.41, 5.74) is 7.20. The number of rotatable bonds is 5. The average molecular weight is 465 g/mol. The molecule has 6 nitrogen and oxygen atoms in total. The van der Waals surface area contributed by atoms with Crippen LogP contribution in [0.1, 0.15) is 40.8 Å². The number of ether oxygens (including phenoxy) is 1. The van der Waals surface area contributed by atoms with Gasteiger partial charge in [0.05, 0.1) is 24.0 Å². The Hall–Kier alpha value is -4.19. The van der Waals surface area contributed by atoms with E-state index in [9.17, 15) is 4.79 Å². The Balaban J connectivity index is 1.68. The fourth-order valence-electron chi connectivity index (χ4n) is 4.20. The van der Waals surface area contributed by atoms with E-state index in [1.54, 1.807) is 11.9 Å². The van der Waals surface area contributed by atoms with Crippen LogP contribution in [-0.4, -0.2) is 29.3 Å². The lowest BCUT2D eigenvalue weighted by Gasteiger charge is -2.32. The second-order valence-corrected chi connectivity index (χ2v) is 8.85. The molecule has 0 amide bonds. The van der Waals surface area contributed by atoms with Gasteiger partial charge >= 0.3 is 5.97 Å². The zero-order valence-corrected chi connectivity index (χ0v) is 20.4. The van der Waals surface area contributed by atoms with E-state index in [2.05, 4.69) is 68.5 Å². The predicted molar refractivity (Wildman–Crippen MR) is 140 cm³/mol. The Labute approximate surface area is 205 Å². The summed E-state index contributed by atoms with van der Waals surface area (Å²) in [6.07, 6.45) is 2.09. The Bertz CT molecular complexity index is 1340. The van der Waals surface area contributed by atoms with Crippen LogP contribution in [0.2, 0.25) is 0 Å². The molecule has 0 aliphatic carbocycles. The Morgan fingerprint density at radius 1 is 0.857 bits per heavy atom. The number of aliphatic imine (C=N–C) groups is 1. The number of hydrogen-bond acceptors (Lipinski definition) is 6. The van der Waals surface area contributed by atoms with E-state index in [0.29, 0.717) is 5.96 Å². The van der Waals surface area contributed by atoms with Gasteiger partial charge in [-0.15, -0.1) is 5.10 Å². The highest BCUT2D eigenvalue weighted by atomic mass is 16.5. The van der Waals surface area contributed by atoms with Gasteiger partial charge in [0.15, 0.2) is 0 Å². The summed E-state index contributed by atoms with van der Waals surface area (Å²) in [6, 6.07) is 24.4. The number of aryl methyl sites for hydroxylation is 3. The normalized spacial score (nSPS) is 16.9. The van der Waals surface area contributed by atoms with Crippen LogP contribution in [0.5, 0.6) is 0 Å². The van der Waals surface area contributed by atoms with Gasteiger partial charge in [0.2, 0.25) is 11.8 Å². The Morgan fingerprint density at radius 2 is 1.43 bits per heavy atom. The monoisotopic (exact) mass is 464 g/mol. The van der Waals surface area contributed by atoms with E-state index in [0.717, 1.165) is 28.1 Å². The number of carbonyl (C=O) groups is 1. The number of hydrogen-bond donors (Lipinski definition) is 0. The van der Waals surface area contributed by atoms with Gasteiger partial charge in [-0.2, -0.15) is 5.01 Å². The molecule has 0 bridgehead atoms. The number of esters is 1. The van der Waals surface area contributed by atoms with Gasteiger partial charge in [0.25, 0.3) is 0 Å². The molecule has 0 fully saturated rings. The molecule has 0 saturated carbocycles. The van der Waals surface area contributed by atoms with Crippen molar-refractivity contribution in [2.45, 2.75) is 33.7 Å². The summed E-state index contributed by atoms with van der Waals surface area (Å²) in [5.74, 6) is 0.315. The lowest BCUT2D eigenvalue weighted by atomic mass is 9.99. The number of benzene rings is 3. The topological polar surface area (TPSA) is 57.5 Å². The molecule has 2 heterocycles. The van der Waals surface area contributed by atoms with Crippen molar-refractivity contribution in [3.05, 3.63) is 107 Å². The molecule has 2 aliphatic rings. The first kappa shape index (κ1) is 22.6. The molecule has 3 aromatic carbocycles. The third kappa shape index (κ3) is 4.35. The molecular weight excluding hydrogens is 436 g/mol. The van der Waals surface area contributed by atoms with Crippen molar-refractivity contribution in [2.24, 2.45) is 10.1 Å². The van der Waals surface area contributed by atoms with Crippen molar-refractivity contribution in [2.75, 3.05) is 11.6 Å². The van der Waals surface area contributed by atoms with Crippen LogP contribution in [0.15, 0.2) is 89.0 Å². The minimum atomic E-state index is -0.473. The number of carbonyl (C=O) groups excluding carboxylic acids is 1. The molecule has 0 aromatic heterocycles. The summed E-state index contributed by atoms with van der Waals surface area (Å²) < 4.78 is 5.39. The number of anilines is 1. The molecule has 0 radical (unpaired) electrons. The van der Waals surface area contributed by atoms with Crippen molar-refractivity contribution < 1.29 is 9.53 Å². The summed E-state index contributed by atoms with van der Waals surface area (Å²) >= 11 is 0. The van der Waals surface area contributed by atoms with E-state index in [4.69, 9.17) is 14.8 Å². The molecule has 0 N–H and O–H groups in total. The fraction of sp³-hybridized carbons (Fsp3) is 0.207. The molecule has 5 rings (SSSR count). The molecule has 1 atom stereocenters. The van der Waals surface area contributed by atoms with Crippen molar-refractivity contribution in [1.82, 2.24) is 4.90 Å². The van der Waals surface area contributed by atoms with E-state index in [1.165, 1.54) is 11.1 Å². The van der Waals surface area contributed by atoms with Crippen LogP contribution < -0.4 is 5.01 Å². The lowest BCUT2D eigenvalue weighted by molar-refractivity contribution is -0.135. The lowest BCUT2D eigenvalue weighted by Crippen LogP contribution is -2.44. The van der Waals surface area contributed by atoms with Crippen molar-refractivity contribution in [1.29, 1.82) is 0 Å². The second-order valence-electron chi connectivity index (χ2n) is 8.85. The van der Waals surface area contributed by atoms with Gasteiger partial charge in [-0.3, -0.25) is 4.90 Å². The summed E-state index contributed by atoms with van der Waals surface area (Å²) in [5, 5.41) is 6.45. The number of guanidine groups is 1. The van der Waals surface area contributed by atoms with Crippen molar-refractivity contribution >= 4 is 29.1 Å². The summed E-state index contributed by atoms with van der Waals surface area (Å²) in [6.45, 7) is 8.23. The maximum absolute atomic E-state index is 13.1. The third-order valence-electron chi connectivity index (χ3n) is 6.14. The zero-order valence-electron chi connectivity index (χ0n) is 20.4. The van der Waals surface area contributed by atoms with Crippen LogP contribution in [0.4, 0.5) is 5.69 Å². The minimum absolute atomic E-state index is 0.218. The van der Waals surface area contributed by atoms with E-state index >= 15 is 0 Å². The van der Waals surface area contributed by atoms with Gasteiger partial charge in [-0.1, -0.05) is 77.4 Å². The van der Waals surface area contributed by atoms with E-state index < -0.39 is 5.97 Å². The van der Waals surface area contributed by atoms with Gasteiger partial charge < -0.3 is 4.74 Å². The van der Waals surface area contributed by atoms with Crippen LogP contribution >= 0.6 is 0 Å². The summed E-state index contributed by atoms with van der Waals surface area (Å²) in [7, 11) is 0. The largest absolute Gasteiger partial charge is 0.460 e. The highest BCUT2D eigenvalue weighted by Gasteiger charge is 2.43. The second kappa shape index (κ2) is 9.22. The molecule has 0 saturated heterocycles. The standard InChI is InChI=1S/C29H28N4O2/c1-5-35-28(34)27-31-33(24-16-10-21(4)11-17-24)29-30-25(22-12-6-19(2)7-13-22)18-26(32(27)29)23-14-8-20(3)9-15-23/h6-18,26H,5H2,1-4H3/t26-/m1/s1. The van der Waals surface area contributed by atoms with Gasteiger partial charge in [0, 0.05) is 5.56 Å². The van der Waals surface area contributed by atoms with Crippen molar-refractivity contribution in [3.8, 4) is 0 Å². The minimum Gasteiger partial charge on any atom is -0.460 e. The van der Waals surface area contributed by atoms with Crippen LogP contribution in [0, 0.1) is 20.8 Å². The highest BCUT2D eigenvalue weighted by Crippen LogP contribution is 2.38. The molecule has 6 heteroatoms. The van der Waals surface area contributed by atoms with Crippen LogP contribution in [-0.2, 0) is 9.53 Å². The zero-order chi connectivity index (χ0) is 24.5. The van der Waals surface area contributed by atoms with Crippen molar-refractivity contribution in [3.63, 3.8) is 0 Å². The first-order valence-corrected chi connectivity index (χ1v) is 11.8. The Morgan fingerprint density at radius 3 is 2.03 bits per heavy atom. The molecule has 2 aliphatic heterocycles. The van der Waals surface area contributed by atoms with Gasteiger partial charge in [-0.05, 0) is 51.5 Å². The SMILES string of the molecule is CCOC(=O)C1=NN(c2ccc(C)cc2)C2=NC(c3ccc(C)cc3)=C[C@H](c3ccc(C)cc3)N12. The first-order valence-electron chi connectivity index (χ1n) is 11.8. The molecule has 0 unspecified atom stereocenters. The molecule has 176 valence electrons. The average Bonchev–Trinajstić information content (AvgIpc) is 3.25. The van der Waals surface area contributed by atoms with E-state index in [-0.39, 0.29) is 18.5 Å². The maximum atomic E-state index is 13.1. The predicted octanol–water partition coefficient (Wildman–Crippen LogP) is 5.76. The smallest absolute Gasteiger partial charge is 0.376 e. The Kier molecular flexibility index (Phi) is 5.95. The molecular formula is C29H28N4O2. The summed E-state index contributed by atoms with van der Waals surface area (Å²) in [4.78, 5) is 19.9. The van der Waals surface area contributed by atoms with Gasteiger partial charge in [0.1, 0.15) is 0 Å². The van der Waals surface area contributed by atoms with Crippen LogP contribution in [0.25, 0.3) is 5.70 Å². The highest BCUT2D eigenvalue weighted by molar-refractivity contribution is 6.41. The van der Waals surface area contributed by atoms with Crippen LogP contribution in [0.3, 0.4) is 0 Å². The quantitative estimate of drug-likeness (QED) is 0.450. The number of hydrazone groups is 1. The van der Waals surface area contributed by atoms with E-state index in [1.807, 2.05) is 36.1 Å². The molecule has 0 spiro atoms. The van der Waals surface area contributed by atoms with Gasteiger partial charge in [-0.25, -0.2) is 9.79 Å². The third-order valence-corrected chi connectivity index (χ3v) is 6.14. The number of nitrogens with zero attached hydrogens (tertiary/aromatic N) is 4. The molecule has 3 aromatic rings. The first-order chi connectivity index (χ1) is 16.9. The maximum Gasteiger partial charge on any atom is 0.376 e. The number of amidine groups is 1. The number of fused-ring (bicyclic) bond motifs is 1. The molecule has 35 heavy (non-hydrogen) atoms.